The fourth-order valence-electron chi connectivity index (χ4n) is 1.80. The molecule has 0 saturated carbocycles. The molecule has 0 radical (unpaired) electrons. The first kappa shape index (κ1) is 13.7. The third-order valence-corrected chi connectivity index (χ3v) is 3.62. The molecule has 106 valence electrons. The molecule has 0 aliphatic carbocycles. The Hall–Kier alpha value is -2.32. The van der Waals surface area contributed by atoms with E-state index in [0.29, 0.717) is 21.7 Å². The molecule has 2 aromatic heterocycles. The lowest BCUT2D eigenvalue weighted by Crippen LogP contribution is -2.21. The highest BCUT2D eigenvalue weighted by atomic mass is 35.5. The zero-order valence-corrected chi connectivity index (χ0v) is 12.2. The van der Waals surface area contributed by atoms with Crippen molar-refractivity contribution in [3.05, 3.63) is 45.3 Å². The number of rotatable bonds is 2. The summed E-state index contributed by atoms with van der Waals surface area (Å²) in [6, 6.07) is 4.60. The van der Waals surface area contributed by atoms with Gasteiger partial charge in [0.05, 0.1) is 23.9 Å². The first-order chi connectivity index (χ1) is 10.1. The zero-order chi connectivity index (χ0) is 15.0. The van der Waals surface area contributed by atoms with Crippen molar-refractivity contribution in [2.75, 3.05) is 7.11 Å². The quantitative estimate of drug-likeness (QED) is 0.667. The van der Waals surface area contributed by atoms with Gasteiger partial charge in [0.2, 0.25) is 11.1 Å². The number of fused-ring (bicyclic) bond motifs is 1. The molecule has 2 heterocycles. The summed E-state index contributed by atoms with van der Waals surface area (Å²) in [5.41, 5.74) is 0.793. The van der Waals surface area contributed by atoms with Crippen molar-refractivity contribution in [2.45, 2.75) is 0 Å². The van der Waals surface area contributed by atoms with Gasteiger partial charge in [-0.2, -0.15) is 13.8 Å². The van der Waals surface area contributed by atoms with Gasteiger partial charge in [-0.25, -0.2) is 9.48 Å². The number of halogens is 1. The van der Waals surface area contributed by atoms with Gasteiger partial charge in [0, 0.05) is 12.3 Å². The Morgan fingerprint density at radius 1 is 1.33 bits per heavy atom. The largest absolute Gasteiger partial charge is 0.464 e. The van der Waals surface area contributed by atoms with Crippen LogP contribution in [0.2, 0.25) is 5.02 Å². The number of carbonyl (C=O) groups excluding carboxylic acids is 1. The van der Waals surface area contributed by atoms with Crippen LogP contribution in [0.3, 0.4) is 0 Å². The van der Waals surface area contributed by atoms with E-state index in [9.17, 15) is 9.59 Å². The zero-order valence-electron chi connectivity index (χ0n) is 10.6. The second-order valence-corrected chi connectivity index (χ2v) is 4.93. The van der Waals surface area contributed by atoms with Gasteiger partial charge in [0.1, 0.15) is 16.7 Å². The smallest absolute Gasteiger partial charge is 0.362 e. The Morgan fingerprint density at radius 3 is 2.90 bits per heavy atom. The lowest BCUT2D eigenvalue weighted by molar-refractivity contribution is 0.0590. The molecular formula is C12H7ClN4O3S. The van der Waals surface area contributed by atoms with Crippen LogP contribution in [0.4, 0.5) is 0 Å². The SMILES string of the molecule is COC(=O)c1nn(-c2c(Cl)ccc3nsnc23)ccc1=O. The monoisotopic (exact) mass is 322 g/mol. The van der Waals surface area contributed by atoms with Crippen molar-refractivity contribution in [3.8, 4) is 5.69 Å². The molecule has 0 amide bonds. The summed E-state index contributed by atoms with van der Waals surface area (Å²) in [6.07, 6.45) is 1.41. The molecule has 0 aliphatic heterocycles. The van der Waals surface area contributed by atoms with E-state index in [1.54, 1.807) is 12.1 Å². The van der Waals surface area contributed by atoms with Crippen molar-refractivity contribution in [3.63, 3.8) is 0 Å². The Kier molecular flexibility index (Phi) is 3.40. The molecule has 0 fully saturated rings. The predicted molar refractivity (Wildman–Crippen MR) is 77.2 cm³/mol. The minimum absolute atomic E-state index is 0.323. The first-order valence-corrected chi connectivity index (χ1v) is 6.82. The van der Waals surface area contributed by atoms with Crippen LogP contribution >= 0.6 is 23.3 Å². The van der Waals surface area contributed by atoms with Crippen molar-refractivity contribution in [1.29, 1.82) is 0 Å². The van der Waals surface area contributed by atoms with Crippen LogP contribution in [-0.2, 0) is 4.74 Å². The Labute approximate surface area is 127 Å². The maximum Gasteiger partial charge on any atom is 0.362 e. The summed E-state index contributed by atoms with van der Waals surface area (Å²) in [6.45, 7) is 0. The second kappa shape index (κ2) is 5.23. The minimum atomic E-state index is -0.811. The third kappa shape index (κ3) is 2.28. The van der Waals surface area contributed by atoms with Crippen LogP contribution in [-0.4, -0.2) is 31.6 Å². The molecule has 0 spiro atoms. The van der Waals surface area contributed by atoms with Crippen LogP contribution in [0.5, 0.6) is 0 Å². The van der Waals surface area contributed by atoms with E-state index < -0.39 is 11.4 Å². The van der Waals surface area contributed by atoms with Crippen molar-refractivity contribution < 1.29 is 9.53 Å². The summed E-state index contributed by atoms with van der Waals surface area (Å²) in [7, 11) is 1.18. The average molecular weight is 323 g/mol. The lowest BCUT2D eigenvalue weighted by atomic mass is 10.2. The van der Waals surface area contributed by atoms with E-state index in [0.717, 1.165) is 11.7 Å². The summed E-state index contributed by atoms with van der Waals surface area (Å²) in [5, 5.41) is 4.36. The number of ether oxygens (including phenoxy) is 1. The lowest BCUT2D eigenvalue weighted by Gasteiger charge is -2.08. The van der Waals surface area contributed by atoms with Gasteiger partial charge in [0.15, 0.2) is 0 Å². The van der Waals surface area contributed by atoms with Crippen LogP contribution in [0, 0.1) is 0 Å². The predicted octanol–water partition coefficient (Wildman–Crippen LogP) is 1.68. The van der Waals surface area contributed by atoms with Gasteiger partial charge in [-0.3, -0.25) is 4.79 Å². The van der Waals surface area contributed by atoms with Gasteiger partial charge in [0.25, 0.3) is 0 Å². The van der Waals surface area contributed by atoms with E-state index in [4.69, 9.17) is 11.6 Å². The summed E-state index contributed by atoms with van der Waals surface area (Å²) in [4.78, 5) is 23.2. The van der Waals surface area contributed by atoms with Gasteiger partial charge in [-0.15, -0.1) is 0 Å². The maximum absolute atomic E-state index is 11.7. The Morgan fingerprint density at radius 2 is 2.14 bits per heavy atom. The molecule has 0 bridgehead atoms. The maximum atomic E-state index is 11.7. The van der Waals surface area contributed by atoms with Crippen LogP contribution in [0.1, 0.15) is 10.5 Å². The molecule has 3 aromatic rings. The van der Waals surface area contributed by atoms with E-state index in [1.165, 1.54) is 24.1 Å². The number of aromatic nitrogens is 4. The molecule has 0 saturated heterocycles. The number of benzene rings is 1. The number of hydrogen-bond donors (Lipinski definition) is 0. The van der Waals surface area contributed by atoms with Crippen molar-refractivity contribution in [2.24, 2.45) is 0 Å². The normalized spacial score (nSPS) is 10.8. The Bertz CT molecular complexity index is 905. The summed E-state index contributed by atoms with van der Waals surface area (Å²) >= 11 is 7.22. The third-order valence-electron chi connectivity index (χ3n) is 2.77. The van der Waals surface area contributed by atoms with Crippen molar-refractivity contribution in [1.82, 2.24) is 18.5 Å². The first-order valence-electron chi connectivity index (χ1n) is 5.71. The number of hydrogen-bond acceptors (Lipinski definition) is 7. The van der Waals surface area contributed by atoms with Gasteiger partial charge < -0.3 is 4.74 Å². The summed E-state index contributed by atoms with van der Waals surface area (Å²) < 4.78 is 14.1. The highest BCUT2D eigenvalue weighted by Crippen LogP contribution is 2.27. The number of nitrogens with zero attached hydrogens (tertiary/aromatic N) is 4. The van der Waals surface area contributed by atoms with E-state index in [-0.39, 0.29) is 5.69 Å². The molecule has 21 heavy (non-hydrogen) atoms. The number of carbonyl (C=O) groups is 1. The molecule has 9 heteroatoms. The van der Waals surface area contributed by atoms with Crippen LogP contribution in [0.15, 0.2) is 29.2 Å². The molecule has 1 aromatic carbocycles. The van der Waals surface area contributed by atoms with Gasteiger partial charge in [-0.1, -0.05) is 11.6 Å². The molecule has 0 unspecified atom stereocenters. The highest BCUT2D eigenvalue weighted by molar-refractivity contribution is 7.00. The van der Waals surface area contributed by atoms with E-state index in [1.807, 2.05) is 0 Å². The Balaban J connectivity index is 2.28. The average Bonchev–Trinajstić information content (AvgIpc) is 2.95. The van der Waals surface area contributed by atoms with E-state index >= 15 is 0 Å². The second-order valence-electron chi connectivity index (χ2n) is 3.99. The molecule has 3 rings (SSSR count). The van der Waals surface area contributed by atoms with Crippen molar-refractivity contribution >= 4 is 40.3 Å². The standard InChI is InChI=1S/C12H7ClN4O3S/c1-20-12(19)10-8(18)4-5-17(14-10)11-6(13)2-3-7-9(11)16-21-15-7/h2-5H,1H3. The highest BCUT2D eigenvalue weighted by Gasteiger charge is 2.17. The molecule has 0 atom stereocenters. The van der Waals surface area contributed by atoms with Crippen LogP contribution in [0.25, 0.3) is 16.7 Å². The molecule has 0 N–H and O–H groups in total. The minimum Gasteiger partial charge on any atom is -0.464 e. The fourth-order valence-corrected chi connectivity index (χ4v) is 2.58. The van der Waals surface area contributed by atoms with Crippen LogP contribution < -0.4 is 5.43 Å². The summed E-state index contributed by atoms with van der Waals surface area (Å²) in [5.74, 6) is -0.811. The van der Waals surface area contributed by atoms with E-state index in [2.05, 4.69) is 18.6 Å². The van der Waals surface area contributed by atoms with Gasteiger partial charge >= 0.3 is 5.97 Å². The topological polar surface area (TPSA) is 87.0 Å². The molecule has 0 aliphatic rings. The fraction of sp³-hybridized carbons (Fsp3) is 0.0833. The molecule has 7 nitrogen and oxygen atoms in total. The molecular weight excluding hydrogens is 316 g/mol. The number of esters is 1. The van der Waals surface area contributed by atoms with Gasteiger partial charge in [-0.05, 0) is 12.1 Å². The number of methoxy groups -OCH3 is 1.